The molecule has 4 heteroatoms. The highest BCUT2D eigenvalue weighted by molar-refractivity contribution is 5.83. The van der Waals surface area contributed by atoms with Crippen molar-refractivity contribution >= 4 is 10.9 Å². The molecule has 27 heavy (non-hydrogen) atoms. The van der Waals surface area contributed by atoms with E-state index in [4.69, 9.17) is 9.47 Å². The Morgan fingerprint density at radius 1 is 1.15 bits per heavy atom. The molecule has 0 radical (unpaired) electrons. The van der Waals surface area contributed by atoms with Gasteiger partial charge in [-0.1, -0.05) is 18.2 Å². The first-order valence-electron chi connectivity index (χ1n) is 9.94. The Hall–Kier alpha value is -2.46. The van der Waals surface area contributed by atoms with Crippen molar-refractivity contribution in [3.05, 3.63) is 59.3 Å². The molecule has 140 valence electrons. The molecule has 4 nitrogen and oxygen atoms in total. The molecule has 0 bridgehead atoms. The molecule has 2 aliphatic rings. The van der Waals surface area contributed by atoms with Gasteiger partial charge in [-0.15, -0.1) is 0 Å². The highest BCUT2D eigenvalue weighted by atomic mass is 16.7. The number of hydrogen-bond donors (Lipinski definition) is 1. The monoisotopic (exact) mass is 362 g/mol. The fraction of sp³-hybridized carbons (Fsp3) is 0.391. The number of para-hydroxylation sites is 1. The first-order chi connectivity index (χ1) is 13.2. The first-order valence-corrected chi connectivity index (χ1v) is 9.94. The molecule has 0 saturated heterocycles. The lowest BCUT2D eigenvalue weighted by Gasteiger charge is -2.40. The van der Waals surface area contributed by atoms with Crippen molar-refractivity contribution in [2.45, 2.75) is 45.2 Å². The number of nitrogens with zero attached hydrogens (tertiary/aromatic N) is 1. The van der Waals surface area contributed by atoms with Crippen LogP contribution in [-0.2, 0) is 12.8 Å². The van der Waals surface area contributed by atoms with Gasteiger partial charge in [-0.25, -0.2) is 0 Å². The third kappa shape index (κ3) is 2.88. The van der Waals surface area contributed by atoms with E-state index in [1.165, 1.54) is 27.6 Å². The zero-order valence-corrected chi connectivity index (χ0v) is 16.0. The van der Waals surface area contributed by atoms with Gasteiger partial charge >= 0.3 is 0 Å². The predicted molar refractivity (Wildman–Crippen MR) is 107 cm³/mol. The summed E-state index contributed by atoms with van der Waals surface area (Å²) in [5.74, 6) is 1.80. The molecule has 0 fully saturated rings. The summed E-state index contributed by atoms with van der Waals surface area (Å²) in [7, 11) is 0. The first kappa shape index (κ1) is 16.7. The van der Waals surface area contributed by atoms with Crippen molar-refractivity contribution in [2.24, 2.45) is 0 Å². The molecular formula is C23H26N2O2. The van der Waals surface area contributed by atoms with Crippen LogP contribution in [0.15, 0.2) is 42.6 Å². The summed E-state index contributed by atoms with van der Waals surface area (Å²) in [4.78, 5) is 6.05. The maximum absolute atomic E-state index is 5.67. The molecule has 1 aromatic heterocycles. The zero-order chi connectivity index (χ0) is 18.4. The Balaban J connectivity index is 1.47. The van der Waals surface area contributed by atoms with Crippen molar-refractivity contribution in [1.29, 1.82) is 0 Å². The van der Waals surface area contributed by atoms with Gasteiger partial charge in [-0.3, -0.25) is 4.90 Å². The highest BCUT2D eigenvalue weighted by Gasteiger charge is 2.31. The van der Waals surface area contributed by atoms with E-state index in [-0.39, 0.29) is 0 Å². The standard InChI is InChI=1S/C23H26N2O2/c1-15(2)25-10-9-16-11-22-23(27-14-26-22)12-19(16)21(25)8-7-17-13-24-20-6-4-3-5-18(17)20/h3-6,11-13,15,21,24H,7-10,14H2,1-2H3. The summed E-state index contributed by atoms with van der Waals surface area (Å²) in [5.41, 5.74) is 5.46. The van der Waals surface area contributed by atoms with Gasteiger partial charge in [-0.2, -0.15) is 0 Å². The quantitative estimate of drug-likeness (QED) is 0.722. The fourth-order valence-corrected chi connectivity index (χ4v) is 4.68. The van der Waals surface area contributed by atoms with Gasteiger partial charge in [0.2, 0.25) is 6.79 Å². The molecule has 5 rings (SSSR count). The molecule has 3 heterocycles. The Morgan fingerprint density at radius 3 is 2.81 bits per heavy atom. The van der Waals surface area contributed by atoms with Crippen molar-refractivity contribution in [3.8, 4) is 11.5 Å². The number of aromatic amines is 1. The zero-order valence-electron chi connectivity index (χ0n) is 16.0. The van der Waals surface area contributed by atoms with Gasteiger partial charge in [0.15, 0.2) is 11.5 Å². The van der Waals surface area contributed by atoms with E-state index in [1.807, 2.05) is 0 Å². The average molecular weight is 362 g/mol. The van der Waals surface area contributed by atoms with Gasteiger partial charge < -0.3 is 14.5 Å². The van der Waals surface area contributed by atoms with Crippen molar-refractivity contribution in [2.75, 3.05) is 13.3 Å². The smallest absolute Gasteiger partial charge is 0.231 e. The second-order valence-electron chi connectivity index (χ2n) is 7.90. The van der Waals surface area contributed by atoms with Crippen LogP contribution in [0, 0.1) is 0 Å². The third-order valence-corrected chi connectivity index (χ3v) is 6.06. The van der Waals surface area contributed by atoms with Gasteiger partial charge in [0.05, 0.1) is 0 Å². The summed E-state index contributed by atoms with van der Waals surface area (Å²) in [6, 6.07) is 13.9. The Labute approximate surface area is 160 Å². The number of hydrogen-bond acceptors (Lipinski definition) is 3. The van der Waals surface area contributed by atoms with Crippen molar-refractivity contribution < 1.29 is 9.47 Å². The number of nitrogens with one attached hydrogen (secondary N) is 1. The lowest BCUT2D eigenvalue weighted by molar-refractivity contribution is 0.135. The maximum atomic E-state index is 5.67. The van der Waals surface area contributed by atoms with Gasteiger partial charge in [0.1, 0.15) is 0 Å². The minimum absolute atomic E-state index is 0.339. The molecule has 2 aromatic carbocycles. The second kappa shape index (κ2) is 6.61. The summed E-state index contributed by atoms with van der Waals surface area (Å²) < 4.78 is 11.3. The lowest BCUT2D eigenvalue weighted by Crippen LogP contribution is -2.40. The molecule has 1 unspecified atom stereocenters. The summed E-state index contributed by atoms with van der Waals surface area (Å²) in [5, 5.41) is 1.34. The fourth-order valence-electron chi connectivity index (χ4n) is 4.68. The van der Waals surface area contributed by atoms with E-state index in [2.05, 4.69) is 66.3 Å². The number of aromatic nitrogens is 1. The van der Waals surface area contributed by atoms with E-state index in [0.717, 1.165) is 37.3 Å². The number of H-pyrrole nitrogens is 1. The van der Waals surface area contributed by atoms with Crippen molar-refractivity contribution in [1.82, 2.24) is 9.88 Å². The average Bonchev–Trinajstić information content (AvgIpc) is 3.30. The van der Waals surface area contributed by atoms with E-state index < -0.39 is 0 Å². The summed E-state index contributed by atoms with van der Waals surface area (Å²) >= 11 is 0. The largest absolute Gasteiger partial charge is 0.454 e. The summed E-state index contributed by atoms with van der Waals surface area (Å²) in [6.45, 7) is 6.04. The number of ether oxygens (including phenoxy) is 2. The second-order valence-corrected chi connectivity index (χ2v) is 7.90. The molecule has 0 saturated carbocycles. The third-order valence-electron chi connectivity index (χ3n) is 6.06. The molecule has 0 amide bonds. The van der Waals surface area contributed by atoms with Crippen LogP contribution < -0.4 is 9.47 Å². The molecule has 2 aliphatic heterocycles. The summed E-state index contributed by atoms with van der Waals surface area (Å²) in [6.07, 6.45) is 5.42. The SMILES string of the molecule is CC(C)N1CCc2cc3c(cc2C1CCc1c[nH]c2ccccc12)OCO3. The van der Waals surface area contributed by atoms with Crippen molar-refractivity contribution in [3.63, 3.8) is 0 Å². The van der Waals surface area contributed by atoms with Crippen LogP contribution in [0.1, 0.15) is 43.0 Å². The van der Waals surface area contributed by atoms with Crippen LogP contribution in [0.25, 0.3) is 10.9 Å². The molecule has 1 atom stereocenters. The topological polar surface area (TPSA) is 37.5 Å². The van der Waals surface area contributed by atoms with Gasteiger partial charge in [0, 0.05) is 35.7 Å². The normalized spacial score (nSPS) is 19.0. The molecule has 0 aliphatic carbocycles. The minimum atomic E-state index is 0.339. The Kier molecular flexibility index (Phi) is 4.09. The predicted octanol–water partition coefficient (Wildman–Crippen LogP) is 4.84. The van der Waals surface area contributed by atoms with Crippen LogP contribution in [0.5, 0.6) is 11.5 Å². The van der Waals surface area contributed by atoms with Crippen LogP contribution in [0.2, 0.25) is 0 Å². The molecule has 3 aromatic rings. The van der Waals surface area contributed by atoms with Crippen LogP contribution >= 0.6 is 0 Å². The minimum Gasteiger partial charge on any atom is -0.454 e. The van der Waals surface area contributed by atoms with E-state index in [1.54, 1.807) is 0 Å². The van der Waals surface area contributed by atoms with Crippen LogP contribution in [0.4, 0.5) is 0 Å². The lowest BCUT2D eigenvalue weighted by atomic mass is 9.87. The van der Waals surface area contributed by atoms with Crippen LogP contribution in [0.3, 0.4) is 0 Å². The molecular weight excluding hydrogens is 336 g/mol. The number of benzene rings is 2. The van der Waals surface area contributed by atoms with E-state index in [9.17, 15) is 0 Å². The Bertz CT molecular complexity index is 976. The van der Waals surface area contributed by atoms with E-state index >= 15 is 0 Å². The Morgan fingerprint density at radius 2 is 1.96 bits per heavy atom. The number of fused-ring (bicyclic) bond motifs is 3. The van der Waals surface area contributed by atoms with Crippen LogP contribution in [-0.4, -0.2) is 29.3 Å². The van der Waals surface area contributed by atoms with E-state index in [0.29, 0.717) is 18.9 Å². The number of rotatable bonds is 4. The van der Waals surface area contributed by atoms with Gasteiger partial charge in [0.25, 0.3) is 0 Å². The van der Waals surface area contributed by atoms with Gasteiger partial charge in [-0.05, 0) is 68.0 Å². The maximum Gasteiger partial charge on any atom is 0.231 e. The highest BCUT2D eigenvalue weighted by Crippen LogP contribution is 2.42. The number of aryl methyl sites for hydroxylation is 1. The molecule has 1 N–H and O–H groups in total. The molecule has 0 spiro atoms.